The molecule has 6 rings (SSSR count). The standard InChI is InChI=1S/C28H21ClN4OS/c1-34-25-10-5-3-7-20(25)23-17-24(26-11-6-16-35-26)33(32-23)28-30-22-9-4-2-8-21(22)27(31-28)18-12-14-19(29)15-13-18/h2-16,24H,17H2,1H3/t24-/m1/s1. The van der Waals surface area contributed by atoms with Crippen molar-refractivity contribution in [3.8, 4) is 17.0 Å². The number of halogens is 1. The number of hydrogen-bond acceptors (Lipinski definition) is 6. The molecule has 0 radical (unpaired) electrons. The number of hydrazone groups is 1. The van der Waals surface area contributed by atoms with Crippen LogP contribution in [0.25, 0.3) is 22.2 Å². The minimum absolute atomic E-state index is 0.00542. The fourth-order valence-electron chi connectivity index (χ4n) is 4.44. The molecule has 0 bridgehead atoms. The van der Waals surface area contributed by atoms with Crippen molar-refractivity contribution in [2.24, 2.45) is 5.10 Å². The zero-order chi connectivity index (χ0) is 23.8. The topological polar surface area (TPSA) is 50.6 Å². The molecule has 35 heavy (non-hydrogen) atoms. The van der Waals surface area contributed by atoms with Gasteiger partial charge in [-0.15, -0.1) is 11.3 Å². The van der Waals surface area contributed by atoms with Crippen LogP contribution in [0.3, 0.4) is 0 Å². The van der Waals surface area contributed by atoms with Crippen LogP contribution in [-0.4, -0.2) is 22.8 Å². The summed E-state index contributed by atoms with van der Waals surface area (Å²) in [6.07, 6.45) is 0.730. The van der Waals surface area contributed by atoms with Gasteiger partial charge in [0, 0.05) is 32.8 Å². The van der Waals surface area contributed by atoms with E-state index in [1.165, 1.54) is 4.88 Å². The Bertz CT molecular complexity index is 1530. The predicted octanol–water partition coefficient (Wildman–Crippen LogP) is 7.38. The average Bonchev–Trinajstić information content (AvgIpc) is 3.59. The van der Waals surface area contributed by atoms with Crippen LogP contribution in [0.1, 0.15) is 22.9 Å². The number of benzene rings is 3. The van der Waals surface area contributed by atoms with E-state index in [1.54, 1.807) is 18.4 Å². The van der Waals surface area contributed by atoms with Gasteiger partial charge in [-0.05, 0) is 41.8 Å². The summed E-state index contributed by atoms with van der Waals surface area (Å²) in [6, 6.07) is 28.0. The lowest BCUT2D eigenvalue weighted by Gasteiger charge is -2.21. The number of para-hydroxylation sites is 2. The van der Waals surface area contributed by atoms with Crippen LogP contribution in [0, 0.1) is 0 Å². The van der Waals surface area contributed by atoms with Crippen LogP contribution in [0.4, 0.5) is 5.95 Å². The highest BCUT2D eigenvalue weighted by atomic mass is 35.5. The van der Waals surface area contributed by atoms with Crippen LogP contribution in [0.5, 0.6) is 5.75 Å². The van der Waals surface area contributed by atoms with E-state index in [4.69, 9.17) is 31.4 Å². The summed E-state index contributed by atoms with van der Waals surface area (Å²) >= 11 is 7.87. The van der Waals surface area contributed by atoms with Crippen LogP contribution >= 0.6 is 22.9 Å². The van der Waals surface area contributed by atoms with Crippen LogP contribution in [0.15, 0.2) is 95.4 Å². The van der Waals surface area contributed by atoms with Crippen molar-refractivity contribution in [2.45, 2.75) is 12.5 Å². The van der Waals surface area contributed by atoms with Crippen LogP contribution in [0.2, 0.25) is 5.02 Å². The van der Waals surface area contributed by atoms with Crippen LogP contribution < -0.4 is 9.75 Å². The summed E-state index contributed by atoms with van der Waals surface area (Å²) in [5.41, 5.74) is 4.64. The van der Waals surface area contributed by atoms with E-state index in [0.717, 1.165) is 45.6 Å². The van der Waals surface area contributed by atoms with Gasteiger partial charge in [0.15, 0.2) is 0 Å². The number of fused-ring (bicyclic) bond motifs is 1. The SMILES string of the molecule is COc1ccccc1C1=NN(c2nc(-c3ccc(Cl)cc3)c3ccccc3n2)[C@@H](c2cccs2)C1. The third-order valence-electron chi connectivity index (χ3n) is 6.11. The van der Waals surface area contributed by atoms with Gasteiger partial charge in [0.05, 0.1) is 30.1 Å². The van der Waals surface area contributed by atoms with Gasteiger partial charge in [-0.1, -0.05) is 60.1 Å². The molecule has 0 saturated heterocycles. The molecule has 0 N–H and O–H groups in total. The second-order valence-corrected chi connectivity index (χ2v) is 9.64. The van der Waals surface area contributed by atoms with Crippen molar-refractivity contribution >= 4 is 45.5 Å². The fraction of sp³-hybridized carbons (Fsp3) is 0.107. The molecule has 7 heteroatoms. The van der Waals surface area contributed by atoms with E-state index in [0.29, 0.717) is 11.0 Å². The molecule has 2 aromatic heterocycles. The molecule has 0 amide bonds. The van der Waals surface area contributed by atoms with E-state index < -0.39 is 0 Å². The van der Waals surface area contributed by atoms with Crippen molar-refractivity contribution in [1.82, 2.24) is 9.97 Å². The number of anilines is 1. The highest BCUT2D eigenvalue weighted by Crippen LogP contribution is 2.40. The lowest BCUT2D eigenvalue weighted by Crippen LogP contribution is -2.20. The lowest BCUT2D eigenvalue weighted by molar-refractivity contribution is 0.414. The second kappa shape index (κ2) is 9.13. The number of rotatable bonds is 5. The zero-order valence-corrected chi connectivity index (χ0v) is 20.5. The Labute approximate surface area is 212 Å². The monoisotopic (exact) mass is 496 g/mol. The quantitative estimate of drug-likeness (QED) is 0.255. The fourth-order valence-corrected chi connectivity index (χ4v) is 5.38. The Morgan fingerprint density at radius 1 is 0.914 bits per heavy atom. The van der Waals surface area contributed by atoms with Crippen LogP contribution in [-0.2, 0) is 0 Å². The van der Waals surface area contributed by atoms with E-state index in [9.17, 15) is 0 Å². The number of nitrogens with zero attached hydrogens (tertiary/aromatic N) is 4. The molecular weight excluding hydrogens is 476 g/mol. The number of ether oxygens (including phenoxy) is 1. The van der Waals surface area contributed by atoms with Crippen molar-refractivity contribution in [2.75, 3.05) is 12.1 Å². The van der Waals surface area contributed by atoms with Gasteiger partial charge in [-0.3, -0.25) is 0 Å². The molecule has 1 aliphatic rings. The minimum atomic E-state index is -0.00542. The molecule has 5 nitrogen and oxygen atoms in total. The normalized spacial score (nSPS) is 15.4. The molecule has 3 aromatic carbocycles. The molecule has 1 atom stereocenters. The molecule has 0 unspecified atom stereocenters. The first-order chi connectivity index (χ1) is 17.2. The Morgan fingerprint density at radius 3 is 2.51 bits per heavy atom. The van der Waals surface area contributed by atoms with Crippen molar-refractivity contribution in [1.29, 1.82) is 0 Å². The van der Waals surface area contributed by atoms with E-state index in [-0.39, 0.29) is 6.04 Å². The lowest BCUT2D eigenvalue weighted by atomic mass is 10.0. The van der Waals surface area contributed by atoms with Crippen molar-refractivity contribution in [3.63, 3.8) is 0 Å². The number of aromatic nitrogens is 2. The third kappa shape index (κ3) is 4.05. The van der Waals surface area contributed by atoms with Crippen molar-refractivity contribution in [3.05, 3.63) is 106 Å². The summed E-state index contributed by atoms with van der Waals surface area (Å²) in [7, 11) is 1.69. The molecular formula is C28H21ClN4OS. The van der Waals surface area contributed by atoms with E-state index in [1.807, 2.05) is 77.8 Å². The van der Waals surface area contributed by atoms with Gasteiger partial charge < -0.3 is 4.74 Å². The van der Waals surface area contributed by atoms with Crippen molar-refractivity contribution < 1.29 is 4.74 Å². The average molecular weight is 497 g/mol. The third-order valence-corrected chi connectivity index (χ3v) is 7.34. The number of thiophene rings is 1. The maximum atomic E-state index is 6.16. The Kier molecular flexibility index (Phi) is 5.68. The van der Waals surface area contributed by atoms with Gasteiger partial charge in [-0.25, -0.2) is 15.0 Å². The molecule has 0 saturated carbocycles. The summed E-state index contributed by atoms with van der Waals surface area (Å²) in [5.74, 6) is 1.37. The maximum Gasteiger partial charge on any atom is 0.247 e. The second-order valence-electron chi connectivity index (χ2n) is 8.22. The Balaban J connectivity index is 1.53. The number of hydrogen-bond donors (Lipinski definition) is 0. The van der Waals surface area contributed by atoms with E-state index in [2.05, 4.69) is 17.5 Å². The van der Waals surface area contributed by atoms with Gasteiger partial charge in [0.2, 0.25) is 5.95 Å². The molecule has 3 heterocycles. The first-order valence-corrected chi connectivity index (χ1v) is 12.5. The highest BCUT2D eigenvalue weighted by molar-refractivity contribution is 7.10. The molecule has 5 aromatic rings. The molecule has 172 valence electrons. The van der Waals surface area contributed by atoms with Gasteiger partial charge in [0.25, 0.3) is 0 Å². The van der Waals surface area contributed by atoms with E-state index >= 15 is 0 Å². The Hall–Kier alpha value is -3.74. The van der Waals surface area contributed by atoms with Gasteiger partial charge in [-0.2, -0.15) is 5.10 Å². The first-order valence-electron chi connectivity index (χ1n) is 11.3. The zero-order valence-electron chi connectivity index (χ0n) is 18.9. The molecule has 0 fully saturated rings. The van der Waals surface area contributed by atoms with Gasteiger partial charge >= 0.3 is 0 Å². The minimum Gasteiger partial charge on any atom is -0.496 e. The molecule has 0 spiro atoms. The summed E-state index contributed by atoms with van der Waals surface area (Å²) in [6.45, 7) is 0. The molecule has 0 aliphatic carbocycles. The summed E-state index contributed by atoms with van der Waals surface area (Å²) < 4.78 is 5.63. The first kappa shape index (κ1) is 21.8. The Morgan fingerprint density at radius 2 is 1.71 bits per heavy atom. The maximum absolute atomic E-state index is 6.16. The smallest absolute Gasteiger partial charge is 0.247 e. The number of methoxy groups -OCH3 is 1. The summed E-state index contributed by atoms with van der Waals surface area (Å²) in [5, 5.41) is 10.8. The highest BCUT2D eigenvalue weighted by Gasteiger charge is 2.33. The largest absolute Gasteiger partial charge is 0.496 e. The van der Waals surface area contributed by atoms with Gasteiger partial charge in [0.1, 0.15) is 5.75 Å². The molecule has 1 aliphatic heterocycles. The summed E-state index contributed by atoms with van der Waals surface area (Å²) in [4.78, 5) is 11.2. The predicted molar refractivity (Wildman–Crippen MR) is 144 cm³/mol.